The van der Waals surface area contributed by atoms with Crippen molar-refractivity contribution < 1.29 is 19.2 Å². The zero-order valence-corrected chi connectivity index (χ0v) is 19.3. The minimum Gasteiger partial charge on any atom is -0.342 e. The molecule has 8 nitrogen and oxygen atoms in total. The summed E-state index contributed by atoms with van der Waals surface area (Å²) in [5, 5.41) is 2.97. The van der Waals surface area contributed by atoms with E-state index >= 15 is 0 Å². The number of nitrogens with zero attached hydrogens (tertiary/aromatic N) is 3. The van der Waals surface area contributed by atoms with Gasteiger partial charge in [0.05, 0.1) is 0 Å². The predicted molar refractivity (Wildman–Crippen MR) is 117 cm³/mol. The van der Waals surface area contributed by atoms with Crippen molar-refractivity contribution in [3.8, 4) is 0 Å². The van der Waals surface area contributed by atoms with Gasteiger partial charge in [-0.25, -0.2) is 4.79 Å². The van der Waals surface area contributed by atoms with E-state index in [9.17, 15) is 19.2 Å². The Morgan fingerprint density at radius 1 is 0.906 bits per heavy atom. The molecule has 0 bridgehead atoms. The van der Waals surface area contributed by atoms with Gasteiger partial charge in [0.2, 0.25) is 11.8 Å². The average Bonchev–Trinajstić information content (AvgIpc) is 3.48. The highest BCUT2D eigenvalue weighted by atomic mass is 16.2. The van der Waals surface area contributed by atoms with Gasteiger partial charge in [-0.2, -0.15) is 0 Å². The van der Waals surface area contributed by atoms with Gasteiger partial charge >= 0.3 is 6.03 Å². The molecule has 0 aromatic rings. The molecule has 1 unspecified atom stereocenters. The molecule has 0 aromatic carbocycles. The molecule has 8 heteroatoms. The van der Waals surface area contributed by atoms with E-state index in [2.05, 4.69) is 5.32 Å². The van der Waals surface area contributed by atoms with Gasteiger partial charge in [0, 0.05) is 44.1 Å². The predicted octanol–water partition coefficient (Wildman–Crippen LogP) is 1.98. The topological polar surface area (TPSA) is 90.0 Å². The summed E-state index contributed by atoms with van der Waals surface area (Å²) in [7, 11) is 0. The van der Waals surface area contributed by atoms with Crippen LogP contribution in [-0.4, -0.2) is 76.2 Å². The highest BCUT2D eigenvalue weighted by molar-refractivity contribution is 6.07. The van der Waals surface area contributed by atoms with E-state index in [4.69, 9.17) is 0 Å². The second-order valence-electron chi connectivity index (χ2n) is 10.9. The third kappa shape index (κ3) is 3.50. The SMILES string of the molecule is CC(C)C(=O)N1CCC2(CC1)NC(=O)N(C1CCN(C(=O)C3[C@H]4CCCC[C@@H]34)CC1)C2=O. The highest BCUT2D eigenvalue weighted by Crippen LogP contribution is 2.56. The zero-order valence-electron chi connectivity index (χ0n) is 19.3. The number of fused-ring (bicyclic) bond motifs is 1. The van der Waals surface area contributed by atoms with E-state index in [0.717, 1.165) is 0 Å². The van der Waals surface area contributed by atoms with Crippen LogP contribution < -0.4 is 5.32 Å². The van der Waals surface area contributed by atoms with Gasteiger partial charge in [-0.05, 0) is 50.4 Å². The van der Waals surface area contributed by atoms with E-state index in [0.29, 0.717) is 69.6 Å². The van der Waals surface area contributed by atoms with Crippen LogP contribution in [0.25, 0.3) is 0 Å². The molecule has 5 amide bonds. The van der Waals surface area contributed by atoms with Gasteiger partial charge in [-0.3, -0.25) is 19.3 Å². The highest BCUT2D eigenvalue weighted by Gasteiger charge is 2.57. The van der Waals surface area contributed by atoms with Crippen LogP contribution in [0.3, 0.4) is 0 Å². The second kappa shape index (κ2) is 8.03. The summed E-state index contributed by atoms with van der Waals surface area (Å²) < 4.78 is 0. The second-order valence-corrected chi connectivity index (χ2v) is 10.9. The Kier molecular flexibility index (Phi) is 5.45. The Labute approximate surface area is 190 Å². The number of hydrogen-bond donors (Lipinski definition) is 1. The normalized spacial score (nSPS) is 32.3. The first-order valence-electron chi connectivity index (χ1n) is 12.6. The van der Waals surface area contributed by atoms with Gasteiger partial charge in [-0.1, -0.05) is 26.7 Å². The Bertz CT molecular complexity index is 799. The van der Waals surface area contributed by atoms with E-state index in [1.54, 1.807) is 4.90 Å². The van der Waals surface area contributed by atoms with E-state index in [-0.39, 0.29) is 35.7 Å². The van der Waals surface area contributed by atoms with E-state index in [1.807, 2.05) is 18.7 Å². The molecule has 3 saturated heterocycles. The third-order valence-electron chi connectivity index (χ3n) is 8.70. The summed E-state index contributed by atoms with van der Waals surface area (Å²) in [6.45, 7) is 6.00. The molecule has 0 aromatic heterocycles. The standard InChI is InChI=1S/C24H36N4O4/c1-15(2)20(29)27-13-9-24(10-14-27)22(31)28(23(32)25-24)16-7-11-26(12-8-16)21(30)19-17-5-3-4-6-18(17)19/h15-19H,3-14H2,1-2H3,(H,25,32)/t17-,18+,19?. The zero-order chi connectivity index (χ0) is 22.6. The first kappa shape index (κ1) is 21.7. The minimum atomic E-state index is -0.874. The van der Waals surface area contributed by atoms with E-state index in [1.165, 1.54) is 30.6 Å². The summed E-state index contributed by atoms with van der Waals surface area (Å²) in [4.78, 5) is 56.7. The van der Waals surface area contributed by atoms with Crippen LogP contribution in [0.15, 0.2) is 0 Å². The van der Waals surface area contributed by atoms with Crippen LogP contribution in [0.1, 0.15) is 65.2 Å². The Balaban J connectivity index is 1.17. The molecule has 3 atom stereocenters. The number of carbonyl (C=O) groups excluding carboxylic acids is 4. The maximum absolute atomic E-state index is 13.4. The van der Waals surface area contributed by atoms with Crippen molar-refractivity contribution in [3.63, 3.8) is 0 Å². The molecular weight excluding hydrogens is 408 g/mol. The van der Waals surface area contributed by atoms with Crippen molar-refractivity contribution in [2.45, 2.75) is 76.8 Å². The Hall–Kier alpha value is -2.12. The van der Waals surface area contributed by atoms with Crippen LogP contribution in [0.5, 0.6) is 0 Å². The summed E-state index contributed by atoms with van der Waals surface area (Å²) in [6.07, 6.45) is 7.14. The first-order valence-corrected chi connectivity index (χ1v) is 12.6. The van der Waals surface area contributed by atoms with Gasteiger partial charge < -0.3 is 15.1 Å². The fraction of sp³-hybridized carbons (Fsp3) is 0.833. The lowest BCUT2D eigenvalue weighted by atomic mass is 9.86. The number of nitrogens with one attached hydrogen (secondary N) is 1. The van der Waals surface area contributed by atoms with Crippen LogP contribution >= 0.6 is 0 Å². The molecule has 1 N–H and O–H groups in total. The average molecular weight is 445 g/mol. The maximum atomic E-state index is 13.4. The van der Waals surface area contributed by atoms with Crippen LogP contribution in [-0.2, 0) is 14.4 Å². The number of likely N-dealkylation sites (tertiary alicyclic amines) is 2. The van der Waals surface area contributed by atoms with Crippen LogP contribution in [0.4, 0.5) is 4.79 Å². The molecule has 3 heterocycles. The molecule has 32 heavy (non-hydrogen) atoms. The van der Waals surface area contributed by atoms with Crippen molar-refractivity contribution in [1.82, 2.24) is 20.0 Å². The van der Waals surface area contributed by atoms with Crippen molar-refractivity contribution >= 4 is 23.8 Å². The van der Waals surface area contributed by atoms with E-state index < -0.39 is 5.54 Å². The van der Waals surface area contributed by atoms with Gasteiger partial charge in [0.15, 0.2) is 0 Å². The van der Waals surface area contributed by atoms with Crippen LogP contribution in [0.2, 0.25) is 0 Å². The monoisotopic (exact) mass is 444 g/mol. The smallest absolute Gasteiger partial charge is 0.325 e. The minimum absolute atomic E-state index is 0.0677. The number of carbonyl (C=O) groups is 4. The number of hydrogen-bond acceptors (Lipinski definition) is 4. The lowest BCUT2D eigenvalue weighted by molar-refractivity contribution is -0.142. The molecule has 1 spiro atoms. The lowest BCUT2D eigenvalue weighted by Gasteiger charge is -2.39. The largest absolute Gasteiger partial charge is 0.342 e. The van der Waals surface area contributed by atoms with Crippen LogP contribution in [0, 0.1) is 23.7 Å². The van der Waals surface area contributed by atoms with Crippen molar-refractivity contribution in [2.75, 3.05) is 26.2 Å². The van der Waals surface area contributed by atoms with Gasteiger partial charge in [-0.15, -0.1) is 0 Å². The fourth-order valence-electron chi connectivity index (χ4n) is 6.70. The summed E-state index contributed by atoms with van der Waals surface area (Å²) >= 11 is 0. The Morgan fingerprint density at radius 3 is 2.06 bits per heavy atom. The number of rotatable bonds is 3. The molecule has 0 radical (unpaired) electrons. The fourth-order valence-corrected chi connectivity index (χ4v) is 6.70. The molecular formula is C24H36N4O4. The van der Waals surface area contributed by atoms with Gasteiger partial charge in [0.1, 0.15) is 5.54 Å². The molecule has 3 aliphatic heterocycles. The number of imide groups is 1. The Morgan fingerprint density at radius 2 is 1.50 bits per heavy atom. The number of urea groups is 1. The first-order chi connectivity index (χ1) is 15.3. The van der Waals surface area contributed by atoms with Crippen molar-refractivity contribution in [3.05, 3.63) is 0 Å². The number of piperidine rings is 2. The summed E-state index contributed by atoms with van der Waals surface area (Å²) in [6, 6.07) is -0.459. The quantitative estimate of drug-likeness (QED) is 0.674. The van der Waals surface area contributed by atoms with Crippen molar-refractivity contribution in [2.24, 2.45) is 23.7 Å². The van der Waals surface area contributed by atoms with Gasteiger partial charge in [0.25, 0.3) is 5.91 Å². The van der Waals surface area contributed by atoms with Crippen molar-refractivity contribution in [1.29, 1.82) is 0 Å². The lowest BCUT2D eigenvalue weighted by Crippen LogP contribution is -2.57. The summed E-state index contributed by atoms with van der Waals surface area (Å²) in [5.41, 5.74) is -0.874. The molecule has 5 fully saturated rings. The summed E-state index contributed by atoms with van der Waals surface area (Å²) in [5.74, 6) is 1.63. The molecule has 176 valence electrons. The molecule has 5 rings (SSSR count). The number of amides is 5. The molecule has 5 aliphatic rings. The third-order valence-corrected chi connectivity index (χ3v) is 8.70. The maximum Gasteiger partial charge on any atom is 0.325 e. The molecule has 2 saturated carbocycles. The molecule has 2 aliphatic carbocycles.